The standard InChI is InChI=1S/C26H21ClN4O2/c1-15-4-8-19(9-5-15)31-29-22-13-20(27)21(14-23(22)30-31)28-26(32)25-11-10-24(33-25)18-7-6-16(2)17(3)12-18/h4-14H,1-3H3,(H,28,32). The molecule has 0 aliphatic rings. The van der Waals surface area contributed by atoms with Gasteiger partial charge in [-0.1, -0.05) is 41.4 Å². The minimum atomic E-state index is -0.391. The molecule has 1 N–H and O–H groups in total. The molecule has 0 saturated heterocycles. The lowest BCUT2D eigenvalue weighted by atomic mass is 10.1. The van der Waals surface area contributed by atoms with E-state index in [0.717, 1.165) is 22.4 Å². The lowest BCUT2D eigenvalue weighted by Gasteiger charge is -2.05. The maximum Gasteiger partial charge on any atom is 0.291 e. The molecule has 0 aliphatic carbocycles. The average molecular weight is 457 g/mol. The van der Waals surface area contributed by atoms with Crippen molar-refractivity contribution in [3.8, 4) is 17.0 Å². The van der Waals surface area contributed by atoms with Crippen LogP contribution in [0.3, 0.4) is 0 Å². The zero-order valence-electron chi connectivity index (χ0n) is 18.4. The number of halogens is 1. The molecule has 0 aliphatic heterocycles. The van der Waals surface area contributed by atoms with Crippen LogP contribution in [0.25, 0.3) is 28.0 Å². The van der Waals surface area contributed by atoms with Crippen molar-refractivity contribution in [2.75, 3.05) is 5.32 Å². The van der Waals surface area contributed by atoms with Crippen molar-refractivity contribution < 1.29 is 9.21 Å². The molecule has 5 aromatic rings. The van der Waals surface area contributed by atoms with Crippen molar-refractivity contribution in [1.29, 1.82) is 0 Å². The Morgan fingerprint density at radius 3 is 2.33 bits per heavy atom. The third-order valence-corrected chi connectivity index (χ3v) is 5.92. The molecule has 5 rings (SSSR count). The molecule has 6 nitrogen and oxygen atoms in total. The van der Waals surface area contributed by atoms with Crippen molar-refractivity contribution in [2.45, 2.75) is 20.8 Å². The molecular formula is C26H21ClN4O2. The average Bonchev–Trinajstić information content (AvgIpc) is 3.44. The molecule has 0 fully saturated rings. The van der Waals surface area contributed by atoms with Gasteiger partial charge >= 0.3 is 0 Å². The number of furan rings is 1. The molecule has 0 atom stereocenters. The van der Waals surface area contributed by atoms with E-state index in [2.05, 4.69) is 22.4 Å². The Kier molecular flexibility index (Phi) is 5.23. The second-order valence-electron chi connectivity index (χ2n) is 8.06. The SMILES string of the molecule is Cc1ccc(-n2nc3cc(Cl)c(NC(=O)c4ccc(-c5ccc(C)c(C)c5)o4)cc3n2)cc1. The molecular weight excluding hydrogens is 436 g/mol. The highest BCUT2D eigenvalue weighted by Crippen LogP contribution is 2.29. The first-order chi connectivity index (χ1) is 15.9. The predicted octanol–water partition coefficient (Wildman–Crippen LogP) is 6.51. The summed E-state index contributed by atoms with van der Waals surface area (Å²) >= 11 is 6.42. The molecule has 7 heteroatoms. The van der Waals surface area contributed by atoms with E-state index in [1.165, 1.54) is 5.56 Å². The van der Waals surface area contributed by atoms with Crippen LogP contribution in [0.5, 0.6) is 0 Å². The van der Waals surface area contributed by atoms with Crippen LogP contribution >= 0.6 is 11.6 Å². The summed E-state index contributed by atoms with van der Waals surface area (Å²) < 4.78 is 5.81. The number of carbonyl (C=O) groups is 1. The summed E-state index contributed by atoms with van der Waals surface area (Å²) in [5.74, 6) is 0.436. The van der Waals surface area contributed by atoms with Gasteiger partial charge in [0.15, 0.2) is 5.76 Å². The van der Waals surface area contributed by atoms with Gasteiger partial charge in [0.2, 0.25) is 0 Å². The first kappa shape index (κ1) is 21.0. The lowest BCUT2D eigenvalue weighted by Crippen LogP contribution is -2.11. The Labute approximate surface area is 195 Å². The Balaban J connectivity index is 1.40. The van der Waals surface area contributed by atoms with Crippen molar-refractivity contribution >= 4 is 34.2 Å². The zero-order chi connectivity index (χ0) is 23.1. The number of nitrogens with one attached hydrogen (secondary N) is 1. The van der Waals surface area contributed by atoms with Gasteiger partial charge in [-0.3, -0.25) is 4.79 Å². The number of hydrogen-bond donors (Lipinski definition) is 1. The minimum absolute atomic E-state index is 0.197. The molecule has 33 heavy (non-hydrogen) atoms. The molecule has 3 aromatic carbocycles. The minimum Gasteiger partial charge on any atom is -0.451 e. The number of fused-ring (bicyclic) bond motifs is 1. The van der Waals surface area contributed by atoms with Gasteiger partial charge in [-0.05, 0) is 74.4 Å². The van der Waals surface area contributed by atoms with Crippen LogP contribution in [0.2, 0.25) is 5.02 Å². The van der Waals surface area contributed by atoms with Gasteiger partial charge in [-0.25, -0.2) is 0 Å². The third-order valence-electron chi connectivity index (χ3n) is 5.60. The van der Waals surface area contributed by atoms with E-state index in [-0.39, 0.29) is 5.76 Å². The van der Waals surface area contributed by atoms with E-state index in [1.54, 1.807) is 29.1 Å². The molecule has 2 aromatic heterocycles. The Bertz CT molecular complexity index is 1500. The van der Waals surface area contributed by atoms with Crippen molar-refractivity contribution in [3.05, 3.63) is 94.2 Å². The number of aryl methyl sites for hydroxylation is 3. The number of nitrogens with zero attached hydrogens (tertiary/aromatic N) is 3. The van der Waals surface area contributed by atoms with E-state index in [0.29, 0.717) is 27.5 Å². The molecule has 2 heterocycles. The lowest BCUT2D eigenvalue weighted by molar-refractivity contribution is 0.0997. The second-order valence-corrected chi connectivity index (χ2v) is 8.47. The van der Waals surface area contributed by atoms with Gasteiger partial charge < -0.3 is 9.73 Å². The van der Waals surface area contributed by atoms with Crippen LogP contribution in [-0.4, -0.2) is 20.9 Å². The fraction of sp³-hybridized carbons (Fsp3) is 0.115. The normalized spacial score (nSPS) is 11.2. The summed E-state index contributed by atoms with van der Waals surface area (Å²) in [6, 6.07) is 20.8. The maximum absolute atomic E-state index is 12.8. The largest absolute Gasteiger partial charge is 0.451 e. The summed E-state index contributed by atoms with van der Waals surface area (Å²) in [7, 11) is 0. The first-order valence-electron chi connectivity index (χ1n) is 10.5. The molecule has 0 unspecified atom stereocenters. The molecule has 1 amide bonds. The highest BCUT2D eigenvalue weighted by molar-refractivity contribution is 6.34. The molecule has 0 spiro atoms. The Morgan fingerprint density at radius 2 is 1.61 bits per heavy atom. The van der Waals surface area contributed by atoms with Crippen LogP contribution in [0.15, 0.2) is 71.1 Å². The van der Waals surface area contributed by atoms with Crippen molar-refractivity contribution in [3.63, 3.8) is 0 Å². The van der Waals surface area contributed by atoms with Crippen LogP contribution in [0, 0.1) is 20.8 Å². The number of aromatic nitrogens is 3. The Morgan fingerprint density at radius 1 is 0.879 bits per heavy atom. The van der Waals surface area contributed by atoms with E-state index in [1.807, 2.05) is 56.3 Å². The number of carbonyl (C=O) groups excluding carboxylic acids is 1. The number of benzene rings is 3. The Hall–Kier alpha value is -3.90. The first-order valence-corrected chi connectivity index (χ1v) is 10.9. The fourth-order valence-corrected chi connectivity index (χ4v) is 3.73. The topological polar surface area (TPSA) is 73.0 Å². The highest BCUT2D eigenvalue weighted by Gasteiger charge is 2.16. The van der Waals surface area contributed by atoms with Gasteiger partial charge in [0.05, 0.1) is 16.4 Å². The summed E-state index contributed by atoms with van der Waals surface area (Å²) in [6.07, 6.45) is 0. The monoisotopic (exact) mass is 456 g/mol. The summed E-state index contributed by atoms with van der Waals surface area (Å²) in [5.41, 5.74) is 6.97. The van der Waals surface area contributed by atoms with Gasteiger partial charge in [0.1, 0.15) is 16.8 Å². The zero-order valence-corrected chi connectivity index (χ0v) is 19.1. The molecule has 0 bridgehead atoms. The highest BCUT2D eigenvalue weighted by atomic mass is 35.5. The summed E-state index contributed by atoms with van der Waals surface area (Å²) in [4.78, 5) is 14.4. The molecule has 164 valence electrons. The molecule has 0 radical (unpaired) electrons. The van der Waals surface area contributed by atoms with Gasteiger partial charge in [-0.2, -0.15) is 4.80 Å². The van der Waals surface area contributed by atoms with E-state index >= 15 is 0 Å². The van der Waals surface area contributed by atoms with E-state index in [4.69, 9.17) is 16.0 Å². The van der Waals surface area contributed by atoms with Gasteiger partial charge in [0.25, 0.3) is 5.91 Å². The number of hydrogen-bond acceptors (Lipinski definition) is 4. The van der Waals surface area contributed by atoms with Crippen LogP contribution in [0.4, 0.5) is 5.69 Å². The van der Waals surface area contributed by atoms with Crippen LogP contribution in [-0.2, 0) is 0 Å². The quantitative estimate of drug-likeness (QED) is 0.334. The van der Waals surface area contributed by atoms with E-state index in [9.17, 15) is 4.79 Å². The van der Waals surface area contributed by atoms with E-state index < -0.39 is 5.91 Å². The number of amides is 1. The smallest absolute Gasteiger partial charge is 0.291 e. The fourth-order valence-electron chi connectivity index (χ4n) is 3.52. The maximum atomic E-state index is 12.8. The third kappa shape index (κ3) is 4.13. The summed E-state index contributed by atoms with van der Waals surface area (Å²) in [5, 5.41) is 12.2. The molecule has 0 saturated carbocycles. The van der Waals surface area contributed by atoms with Crippen LogP contribution < -0.4 is 5.32 Å². The van der Waals surface area contributed by atoms with Gasteiger partial charge in [0, 0.05) is 5.56 Å². The number of anilines is 1. The number of rotatable bonds is 4. The summed E-state index contributed by atoms with van der Waals surface area (Å²) in [6.45, 7) is 6.12. The van der Waals surface area contributed by atoms with Crippen LogP contribution in [0.1, 0.15) is 27.2 Å². The van der Waals surface area contributed by atoms with Gasteiger partial charge in [-0.15, -0.1) is 10.2 Å². The van der Waals surface area contributed by atoms with Crippen molar-refractivity contribution in [2.24, 2.45) is 0 Å². The van der Waals surface area contributed by atoms with Crippen molar-refractivity contribution in [1.82, 2.24) is 15.0 Å². The predicted molar refractivity (Wildman–Crippen MR) is 130 cm³/mol. The second kappa shape index (κ2) is 8.22.